The third-order valence-corrected chi connectivity index (χ3v) is 3.05. The molecule has 1 unspecified atom stereocenters. The van der Waals surface area contributed by atoms with Gasteiger partial charge in [-0.1, -0.05) is 0 Å². The predicted octanol–water partition coefficient (Wildman–Crippen LogP) is 0.176. The largest absolute Gasteiger partial charge is 0.480 e. The average molecular weight is 315 g/mol. The van der Waals surface area contributed by atoms with Crippen LogP contribution in [0.4, 0.5) is 4.79 Å². The molecule has 0 bridgehead atoms. The van der Waals surface area contributed by atoms with Gasteiger partial charge in [-0.3, -0.25) is 9.59 Å². The Morgan fingerprint density at radius 1 is 1.45 bits per heavy atom. The molecule has 126 valence electrons. The molecule has 8 heteroatoms. The van der Waals surface area contributed by atoms with Crippen molar-refractivity contribution in [2.75, 3.05) is 26.2 Å². The van der Waals surface area contributed by atoms with Gasteiger partial charge in [0.15, 0.2) is 0 Å². The molecule has 0 aromatic rings. The number of aliphatic carboxylic acids is 1. The molecule has 3 N–H and O–H groups in total. The number of hydrogen-bond donors (Lipinski definition) is 3. The van der Waals surface area contributed by atoms with Crippen LogP contribution in [0.1, 0.15) is 33.6 Å². The molecule has 0 aromatic heterocycles. The highest BCUT2D eigenvalue weighted by Gasteiger charge is 2.28. The standard InChI is InChI=1S/C14H25N3O5/c1-14(2,3)22-13(21)16-6-4-5-10-12(20)17(8-7-15-10)9-11(18)19/h10,15H,4-9H2,1-3H3,(H,16,21)(H,18,19). The van der Waals surface area contributed by atoms with Crippen LogP contribution in [0.25, 0.3) is 0 Å². The van der Waals surface area contributed by atoms with Crippen molar-refractivity contribution >= 4 is 18.0 Å². The number of piperazine rings is 1. The first-order valence-corrected chi connectivity index (χ1v) is 7.40. The van der Waals surface area contributed by atoms with Crippen LogP contribution in [0, 0.1) is 0 Å². The zero-order valence-corrected chi connectivity index (χ0v) is 13.3. The highest BCUT2D eigenvalue weighted by molar-refractivity contribution is 5.86. The Balaban J connectivity index is 2.28. The first-order valence-electron chi connectivity index (χ1n) is 7.40. The van der Waals surface area contributed by atoms with E-state index in [1.54, 1.807) is 20.8 Å². The lowest BCUT2D eigenvalue weighted by Crippen LogP contribution is -2.56. The Labute approximate surface area is 130 Å². The van der Waals surface area contributed by atoms with Gasteiger partial charge in [-0.2, -0.15) is 0 Å². The molecule has 2 amide bonds. The van der Waals surface area contributed by atoms with E-state index in [0.29, 0.717) is 32.5 Å². The van der Waals surface area contributed by atoms with E-state index >= 15 is 0 Å². The van der Waals surface area contributed by atoms with Gasteiger partial charge in [-0.15, -0.1) is 0 Å². The van der Waals surface area contributed by atoms with Gasteiger partial charge in [-0.05, 0) is 33.6 Å². The van der Waals surface area contributed by atoms with Gasteiger partial charge in [0.25, 0.3) is 0 Å². The molecule has 0 spiro atoms. The Morgan fingerprint density at radius 2 is 2.14 bits per heavy atom. The van der Waals surface area contributed by atoms with Crippen molar-refractivity contribution in [3.63, 3.8) is 0 Å². The fourth-order valence-electron chi connectivity index (χ4n) is 2.15. The second-order valence-corrected chi connectivity index (χ2v) is 6.23. The fraction of sp³-hybridized carbons (Fsp3) is 0.786. The quantitative estimate of drug-likeness (QED) is 0.603. The topological polar surface area (TPSA) is 108 Å². The van der Waals surface area contributed by atoms with Gasteiger partial charge >= 0.3 is 12.1 Å². The number of amides is 2. The highest BCUT2D eigenvalue weighted by atomic mass is 16.6. The summed E-state index contributed by atoms with van der Waals surface area (Å²) in [5.41, 5.74) is -0.539. The van der Waals surface area contributed by atoms with E-state index in [1.165, 1.54) is 4.90 Å². The van der Waals surface area contributed by atoms with Crippen LogP contribution in [-0.4, -0.2) is 65.8 Å². The summed E-state index contributed by atoms with van der Waals surface area (Å²) in [5, 5.41) is 14.5. The number of nitrogens with one attached hydrogen (secondary N) is 2. The Kier molecular flexibility index (Phi) is 6.61. The van der Waals surface area contributed by atoms with Crippen LogP contribution in [0.2, 0.25) is 0 Å². The molecule has 0 aliphatic carbocycles. The number of alkyl carbamates (subject to hydrolysis) is 1. The molecule has 1 rings (SSSR count). The van der Waals surface area contributed by atoms with E-state index in [9.17, 15) is 14.4 Å². The summed E-state index contributed by atoms with van der Waals surface area (Å²) < 4.78 is 5.11. The lowest BCUT2D eigenvalue weighted by Gasteiger charge is -2.32. The van der Waals surface area contributed by atoms with E-state index in [1.807, 2.05) is 0 Å². The number of nitrogens with zero attached hydrogens (tertiary/aromatic N) is 1. The number of carboxylic acid groups (broad SMARTS) is 1. The monoisotopic (exact) mass is 315 g/mol. The number of ether oxygens (including phenoxy) is 1. The van der Waals surface area contributed by atoms with Crippen LogP contribution in [0.3, 0.4) is 0 Å². The third kappa shape index (κ3) is 6.75. The Morgan fingerprint density at radius 3 is 2.73 bits per heavy atom. The zero-order chi connectivity index (χ0) is 16.8. The first-order chi connectivity index (χ1) is 10.2. The first kappa shape index (κ1) is 18.2. The maximum atomic E-state index is 12.1. The van der Waals surface area contributed by atoms with Crippen LogP contribution in [-0.2, 0) is 14.3 Å². The summed E-state index contributed by atoms with van der Waals surface area (Å²) in [7, 11) is 0. The normalized spacial score (nSPS) is 19.0. The molecule has 0 radical (unpaired) electrons. The van der Waals surface area contributed by atoms with Gasteiger partial charge in [-0.25, -0.2) is 4.79 Å². The van der Waals surface area contributed by atoms with Crippen molar-refractivity contribution in [1.82, 2.24) is 15.5 Å². The molecule has 1 aliphatic heterocycles. The summed E-state index contributed by atoms with van der Waals surface area (Å²) >= 11 is 0. The number of carbonyl (C=O) groups is 3. The average Bonchev–Trinajstić information content (AvgIpc) is 2.36. The fourth-order valence-corrected chi connectivity index (χ4v) is 2.15. The number of carboxylic acids is 1. The van der Waals surface area contributed by atoms with Crippen molar-refractivity contribution in [1.29, 1.82) is 0 Å². The third-order valence-electron chi connectivity index (χ3n) is 3.05. The molecule has 8 nitrogen and oxygen atoms in total. The van der Waals surface area contributed by atoms with Crippen LogP contribution in [0.5, 0.6) is 0 Å². The van der Waals surface area contributed by atoms with E-state index in [-0.39, 0.29) is 12.5 Å². The minimum absolute atomic E-state index is 0.203. The van der Waals surface area contributed by atoms with E-state index < -0.39 is 23.7 Å². The maximum absolute atomic E-state index is 12.1. The van der Waals surface area contributed by atoms with E-state index in [0.717, 1.165) is 0 Å². The van der Waals surface area contributed by atoms with Crippen molar-refractivity contribution in [2.45, 2.75) is 45.3 Å². The van der Waals surface area contributed by atoms with E-state index in [4.69, 9.17) is 9.84 Å². The SMILES string of the molecule is CC(C)(C)OC(=O)NCCCC1NCCN(CC(=O)O)C1=O. The van der Waals surface area contributed by atoms with Gasteiger partial charge in [0.1, 0.15) is 12.1 Å². The van der Waals surface area contributed by atoms with Gasteiger partial charge in [0.2, 0.25) is 5.91 Å². The maximum Gasteiger partial charge on any atom is 0.407 e. The van der Waals surface area contributed by atoms with Gasteiger partial charge in [0, 0.05) is 19.6 Å². The van der Waals surface area contributed by atoms with Crippen LogP contribution < -0.4 is 10.6 Å². The number of hydrogen-bond acceptors (Lipinski definition) is 5. The van der Waals surface area contributed by atoms with E-state index in [2.05, 4.69) is 10.6 Å². The summed E-state index contributed by atoms with van der Waals surface area (Å²) in [5.74, 6) is -1.22. The minimum atomic E-state index is -1.01. The van der Waals surface area contributed by atoms with Crippen LogP contribution >= 0.6 is 0 Å². The lowest BCUT2D eigenvalue weighted by molar-refractivity contribution is -0.146. The molecule has 1 atom stereocenters. The van der Waals surface area contributed by atoms with Gasteiger partial charge < -0.3 is 25.4 Å². The zero-order valence-electron chi connectivity index (χ0n) is 13.3. The van der Waals surface area contributed by atoms with Gasteiger partial charge in [0.05, 0.1) is 6.04 Å². The van der Waals surface area contributed by atoms with Crippen molar-refractivity contribution in [2.24, 2.45) is 0 Å². The molecule has 1 fully saturated rings. The molecular weight excluding hydrogens is 290 g/mol. The second-order valence-electron chi connectivity index (χ2n) is 6.23. The minimum Gasteiger partial charge on any atom is -0.480 e. The lowest BCUT2D eigenvalue weighted by atomic mass is 10.1. The second kappa shape index (κ2) is 7.98. The molecule has 22 heavy (non-hydrogen) atoms. The number of carbonyl (C=O) groups excluding carboxylic acids is 2. The molecular formula is C14H25N3O5. The van der Waals surface area contributed by atoms with Crippen molar-refractivity contribution in [3.05, 3.63) is 0 Å². The summed E-state index contributed by atoms with van der Waals surface area (Å²) in [6.45, 7) is 6.46. The molecule has 1 aliphatic rings. The molecule has 0 saturated carbocycles. The summed E-state index contributed by atoms with van der Waals surface area (Å²) in [6, 6.07) is -0.395. The smallest absolute Gasteiger partial charge is 0.407 e. The Bertz CT molecular complexity index is 419. The summed E-state index contributed by atoms with van der Waals surface area (Å²) in [4.78, 5) is 35.6. The van der Waals surface area contributed by atoms with Crippen molar-refractivity contribution < 1.29 is 24.2 Å². The Hall–Kier alpha value is -1.83. The van der Waals surface area contributed by atoms with Crippen LogP contribution in [0.15, 0.2) is 0 Å². The molecule has 1 saturated heterocycles. The number of rotatable bonds is 6. The molecule has 0 aromatic carbocycles. The summed E-state index contributed by atoms with van der Waals surface area (Å²) in [6.07, 6.45) is 0.650. The molecule has 1 heterocycles. The van der Waals surface area contributed by atoms with Crippen molar-refractivity contribution in [3.8, 4) is 0 Å². The highest BCUT2D eigenvalue weighted by Crippen LogP contribution is 2.08. The predicted molar refractivity (Wildman–Crippen MR) is 79.5 cm³/mol.